The molecule has 2 rings (SSSR count). The lowest BCUT2D eigenvalue weighted by molar-refractivity contribution is -0.139. The second-order valence-electron chi connectivity index (χ2n) is 4.72. The van der Waals surface area contributed by atoms with Crippen LogP contribution in [0.25, 0.3) is 6.08 Å². The fourth-order valence-corrected chi connectivity index (χ4v) is 2.40. The quantitative estimate of drug-likeness (QED) is 0.441. The molecule has 0 unspecified atom stereocenters. The summed E-state index contributed by atoms with van der Waals surface area (Å²) in [6, 6.07) is 13.7. The van der Waals surface area contributed by atoms with Crippen molar-refractivity contribution in [3.05, 3.63) is 69.2 Å². The van der Waals surface area contributed by atoms with Gasteiger partial charge in [-0.15, -0.1) is 0 Å². The maximum Gasteiger partial charge on any atom is 0.349 e. The Hall–Kier alpha value is -2.48. The third-order valence-corrected chi connectivity index (χ3v) is 3.88. The van der Waals surface area contributed by atoms with Crippen molar-refractivity contribution in [3.8, 4) is 11.8 Å². The van der Waals surface area contributed by atoms with Gasteiger partial charge in [-0.25, -0.2) is 4.79 Å². The number of esters is 1. The van der Waals surface area contributed by atoms with Crippen LogP contribution < -0.4 is 4.74 Å². The SMILES string of the molecule is COc1ccc(/C=C(/C#N)C(=O)OCc2c(Cl)cccc2Cl)cc1. The van der Waals surface area contributed by atoms with E-state index in [-0.39, 0.29) is 12.2 Å². The number of hydrogen-bond donors (Lipinski definition) is 0. The molecular weight excluding hydrogens is 349 g/mol. The van der Waals surface area contributed by atoms with Gasteiger partial charge in [0.2, 0.25) is 0 Å². The molecule has 0 spiro atoms. The van der Waals surface area contributed by atoms with E-state index in [0.29, 0.717) is 26.9 Å². The third kappa shape index (κ3) is 4.51. The minimum atomic E-state index is -0.746. The minimum Gasteiger partial charge on any atom is -0.497 e. The predicted octanol–water partition coefficient (Wildman–Crippen LogP) is 4.65. The van der Waals surface area contributed by atoms with Crippen molar-refractivity contribution in [3.63, 3.8) is 0 Å². The van der Waals surface area contributed by atoms with Crippen LogP contribution in [0.4, 0.5) is 0 Å². The molecular formula is C18H13Cl2NO3. The van der Waals surface area contributed by atoms with Gasteiger partial charge < -0.3 is 9.47 Å². The molecule has 2 aromatic carbocycles. The highest BCUT2D eigenvalue weighted by Crippen LogP contribution is 2.25. The number of halogens is 2. The molecule has 0 aromatic heterocycles. The van der Waals surface area contributed by atoms with Gasteiger partial charge in [-0.05, 0) is 35.9 Å². The van der Waals surface area contributed by atoms with E-state index in [4.69, 9.17) is 37.9 Å². The summed E-state index contributed by atoms with van der Waals surface area (Å²) >= 11 is 12.0. The summed E-state index contributed by atoms with van der Waals surface area (Å²) in [7, 11) is 1.56. The van der Waals surface area contributed by atoms with E-state index in [1.54, 1.807) is 49.6 Å². The van der Waals surface area contributed by atoms with Gasteiger partial charge in [0.1, 0.15) is 24.0 Å². The zero-order valence-electron chi connectivity index (χ0n) is 12.8. The summed E-state index contributed by atoms with van der Waals surface area (Å²) in [5.41, 5.74) is 1.05. The van der Waals surface area contributed by atoms with E-state index in [9.17, 15) is 4.79 Å². The topological polar surface area (TPSA) is 59.3 Å². The second kappa shape index (κ2) is 8.39. The van der Waals surface area contributed by atoms with E-state index < -0.39 is 5.97 Å². The van der Waals surface area contributed by atoms with Crippen LogP contribution in [-0.2, 0) is 16.1 Å². The first-order chi connectivity index (χ1) is 11.5. The summed E-state index contributed by atoms with van der Waals surface area (Å²) in [6.45, 7) is -0.112. The van der Waals surface area contributed by atoms with Crippen LogP contribution in [-0.4, -0.2) is 13.1 Å². The molecule has 0 heterocycles. The average Bonchev–Trinajstić information content (AvgIpc) is 2.59. The van der Waals surface area contributed by atoms with Crippen LogP contribution in [0.5, 0.6) is 5.75 Å². The Morgan fingerprint density at radius 3 is 2.33 bits per heavy atom. The first kappa shape index (κ1) is 17.9. The molecule has 0 N–H and O–H groups in total. The standard InChI is InChI=1S/C18H13Cl2NO3/c1-23-14-7-5-12(6-8-14)9-13(10-21)18(22)24-11-15-16(19)3-2-4-17(15)20/h2-9H,11H2,1H3/b13-9-. The van der Waals surface area contributed by atoms with Crippen LogP contribution in [0.15, 0.2) is 48.0 Å². The van der Waals surface area contributed by atoms with E-state index in [0.717, 1.165) is 0 Å². The van der Waals surface area contributed by atoms with E-state index in [2.05, 4.69) is 0 Å². The Morgan fingerprint density at radius 1 is 1.17 bits per heavy atom. The van der Waals surface area contributed by atoms with Crippen molar-refractivity contribution in [2.45, 2.75) is 6.61 Å². The number of methoxy groups -OCH3 is 1. The van der Waals surface area contributed by atoms with Gasteiger partial charge in [0.15, 0.2) is 0 Å². The molecule has 0 fully saturated rings. The van der Waals surface area contributed by atoms with Crippen LogP contribution in [0.1, 0.15) is 11.1 Å². The number of ether oxygens (including phenoxy) is 2. The number of nitrogens with zero attached hydrogens (tertiary/aromatic N) is 1. The maximum absolute atomic E-state index is 12.1. The number of nitriles is 1. The molecule has 0 saturated carbocycles. The molecule has 6 heteroatoms. The molecule has 0 aliphatic carbocycles. The number of carbonyl (C=O) groups excluding carboxylic acids is 1. The van der Waals surface area contributed by atoms with E-state index in [1.807, 2.05) is 6.07 Å². The Balaban J connectivity index is 2.11. The van der Waals surface area contributed by atoms with Crippen LogP contribution in [0.3, 0.4) is 0 Å². The zero-order valence-corrected chi connectivity index (χ0v) is 14.3. The number of carbonyl (C=O) groups is 1. The molecule has 24 heavy (non-hydrogen) atoms. The van der Waals surface area contributed by atoms with Crippen LogP contribution in [0, 0.1) is 11.3 Å². The Bertz CT molecular complexity index is 788. The molecule has 0 aliphatic rings. The van der Waals surface area contributed by atoms with Crippen LogP contribution in [0.2, 0.25) is 10.0 Å². The van der Waals surface area contributed by atoms with Crippen molar-refractivity contribution >= 4 is 35.2 Å². The van der Waals surface area contributed by atoms with Crippen molar-refractivity contribution < 1.29 is 14.3 Å². The Morgan fingerprint density at radius 2 is 1.79 bits per heavy atom. The van der Waals surface area contributed by atoms with Gasteiger partial charge in [0.05, 0.1) is 7.11 Å². The average molecular weight is 362 g/mol. The Kier molecular flexibility index (Phi) is 6.25. The number of rotatable bonds is 5. The van der Waals surface area contributed by atoms with Crippen molar-refractivity contribution in [1.82, 2.24) is 0 Å². The fraction of sp³-hybridized carbons (Fsp3) is 0.111. The number of benzene rings is 2. The summed E-state index contributed by atoms with van der Waals surface area (Å²) in [4.78, 5) is 12.1. The molecule has 0 aliphatic heterocycles. The number of hydrogen-bond acceptors (Lipinski definition) is 4. The van der Waals surface area contributed by atoms with E-state index in [1.165, 1.54) is 6.08 Å². The third-order valence-electron chi connectivity index (χ3n) is 3.18. The maximum atomic E-state index is 12.1. The van der Waals surface area contributed by atoms with Gasteiger partial charge >= 0.3 is 5.97 Å². The normalized spacial score (nSPS) is 10.8. The predicted molar refractivity (Wildman–Crippen MR) is 92.8 cm³/mol. The molecule has 4 nitrogen and oxygen atoms in total. The first-order valence-corrected chi connectivity index (χ1v) is 7.66. The van der Waals surface area contributed by atoms with Gasteiger partial charge in [0, 0.05) is 15.6 Å². The molecule has 2 aromatic rings. The Labute approximate surface area is 149 Å². The summed E-state index contributed by atoms with van der Waals surface area (Å²) in [6.07, 6.45) is 1.44. The monoisotopic (exact) mass is 361 g/mol. The van der Waals surface area contributed by atoms with Gasteiger partial charge in [-0.3, -0.25) is 0 Å². The van der Waals surface area contributed by atoms with Crippen molar-refractivity contribution in [2.75, 3.05) is 7.11 Å². The molecule has 0 atom stereocenters. The van der Waals surface area contributed by atoms with Gasteiger partial charge in [0.25, 0.3) is 0 Å². The van der Waals surface area contributed by atoms with Crippen LogP contribution >= 0.6 is 23.2 Å². The molecule has 0 amide bonds. The molecule has 122 valence electrons. The smallest absolute Gasteiger partial charge is 0.349 e. The molecule has 0 saturated heterocycles. The summed E-state index contributed by atoms with van der Waals surface area (Å²) < 4.78 is 10.2. The highest BCUT2D eigenvalue weighted by molar-refractivity contribution is 6.35. The largest absolute Gasteiger partial charge is 0.497 e. The lowest BCUT2D eigenvalue weighted by Gasteiger charge is -2.08. The van der Waals surface area contributed by atoms with Gasteiger partial charge in [-0.1, -0.05) is 41.4 Å². The van der Waals surface area contributed by atoms with Crippen molar-refractivity contribution in [1.29, 1.82) is 5.26 Å². The summed E-state index contributed by atoms with van der Waals surface area (Å²) in [5, 5.41) is 9.96. The molecule has 0 bridgehead atoms. The lowest BCUT2D eigenvalue weighted by atomic mass is 10.1. The second-order valence-corrected chi connectivity index (χ2v) is 5.53. The van der Waals surface area contributed by atoms with Gasteiger partial charge in [-0.2, -0.15) is 5.26 Å². The zero-order chi connectivity index (χ0) is 17.5. The minimum absolute atomic E-state index is 0.112. The summed E-state index contributed by atoms with van der Waals surface area (Å²) in [5.74, 6) is -0.0640. The van der Waals surface area contributed by atoms with E-state index >= 15 is 0 Å². The fourth-order valence-electron chi connectivity index (χ4n) is 1.89. The highest BCUT2D eigenvalue weighted by atomic mass is 35.5. The highest BCUT2D eigenvalue weighted by Gasteiger charge is 2.13. The first-order valence-electron chi connectivity index (χ1n) is 6.91. The molecule has 0 radical (unpaired) electrons. The lowest BCUT2D eigenvalue weighted by Crippen LogP contribution is -2.07. The van der Waals surface area contributed by atoms with Crippen molar-refractivity contribution in [2.24, 2.45) is 0 Å².